The van der Waals surface area contributed by atoms with Crippen LogP contribution >= 0.6 is 0 Å². The monoisotopic (exact) mass is 263 g/mol. The largest absolute Gasteiger partial charge is 0.371 e. The fourth-order valence-electron chi connectivity index (χ4n) is 2.75. The summed E-state index contributed by atoms with van der Waals surface area (Å²) in [7, 11) is 0. The Morgan fingerprint density at radius 2 is 1.55 bits per heavy atom. The van der Waals surface area contributed by atoms with Crippen LogP contribution in [0.2, 0.25) is 0 Å². The molecule has 1 heterocycles. The van der Waals surface area contributed by atoms with Gasteiger partial charge in [-0.2, -0.15) is 0 Å². The Morgan fingerprint density at radius 3 is 2.20 bits per heavy atom. The highest BCUT2D eigenvalue weighted by atomic mass is 15.1. The molecule has 0 atom stereocenters. The van der Waals surface area contributed by atoms with E-state index < -0.39 is 0 Å². The second-order valence-electron chi connectivity index (χ2n) is 5.50. The Kier molecular flexibility index (Phi) is 3.87. The summed E-state index contributed by atoms with van der Waals surface area (Å²) in [5.41, 5.74) is 5.26. The topological polar surface area (TPSA) is 3.24 Å². The summed E-state index contributed by atoms with van der Waals surface area (Å²) < 4.78 is 0. The Bertz CT molecular complexity index is 575. The zero-order chi connectivity index (χ0) is 13.8. The van der Waals surface area contributed by atoms with Gasteiger partial charge in [-0.25, -0.2) is 0 Å². The van der Waals surface area contributed by atoms with E-state index in [2.05, 4.69) is 72.5 Å². The highest BCUT2D eigenvalue weighted by Gasteiger charge is 2.16. The lowest BCUT2D eigenvalue weighted by Crippen LogP contribution is -2.17. The Labute approximate surface area is 121 Å². The van der Waals surface area contributed by atoms with Gasteiger partial charge in [0.1, 0.15) is 0 Å². The lowest BCUT2D eigenvalue weighted by Gasteiger charge is -2.22. The van der Waals surface area contributed by atoms with Gasteiger partial charge in [0.25, 0.3) is 0 Å². The third kappa shape index (κ3) is 2.93. The molecule has 0 N–H and O–H groups in total. The van der Waals surface area contributed by atoms with Crippen molar-refractivity contribution < 1.29 is 0 Å². The molecule has 2 aromatic rings. The fraction of sp³-hybridized carbons (Fsp3) is 0.263. The van der Waals surface area contributed by atoms with Crippen molar-refractivity contribution in [3.05, 3.63) is 71.3 Å². The average molecular weight is 263 g/mol. The molecule has 1 aliphatic rings. The van der Waals surface area contributed by atoms with Crippen LogP contribution in [0.25, 0.3) is 11.8 Å². The van der Waals surface area contributed by atoms with Gasteiger partial charge in [-0.3, -0.25) is 0 Å². The summed E-state index contributed by atoms with van der Waals surface area (Å²) >= 11 is 0. The maximum absolute atomic E-state index is 2.51. The zero-order valence-corrected chi connectivity index (χ0v) is 12.0. The van der Waals surface area contributed by atoms with Gasteiger partial charge in [0.2, 0.25) is 0 Å². The zero-order valence-electron chi connectivity index (χ0n) is 12.0. The number of benzene rings is 2. The molecule has 0 unspecified atom stereocenters. The third-order valence-corrected chi connectivity index (χ3v) is 3.90. The minimum atomic E-state index is 1.17. The number of nitrogens with zero attached hydrogens (tertiary/aromatic N) is 1. The van der Waals surface area contributed by atoms with E-state index in [0.717, 1.165) is 0 Å². The van der Waals surface area contributed by atoms with Gasteiger partial charge in [0.05, 0.1) is 0 Å². The molecular weight excluding hydrogens is 242 g/mol. The molecule has 0 amide bonds. The Morgan fingerprint density at radius 1 is 0.900 bits per heavy atom. The van der Waals surface area contributed by atoms with E-state index in [4.69, 9.17) is 0 Å². The molecule has 0 radical (unpaired) electrons. The normalized spacial score (nSPS) is 15.7. The lowest BCUT2D eigenvalue weighted by molar-refractivity contribution is 0.495. The first-order valence-corrected chi connectivity index (χ1v) is 7.42. The first-order chi connectivity index (χ1) is 9.83. The van der Waals surface area contributed by atoms with Crippen LogP contribution in [0.15, 0.2) is 54.6 Å². The SMILES string of the molecule is Cc1ccc(/C(=C/c2ccccc2)N2CCCC2)cc1. The van der Waals surface area contributed by atoms with Crippen LogP contribution in [0, 0.1) is 6.92 Å². The summed E-state index contributed by atoms with van der Waals surface area (Å²) in [4.78, 5) is 2.51. The standard InChI is InChI=1S/C19H21N/c1-16-9-11-18(12-10-16)19(20-13-5-6-14-20)15-17-7-3-2-4-8-17/h2-4,7-12,15H,5-6,13-14H2,1H3/b19-15-. The van der Waals surface area contributed by atoms with Crippen LogP contribution < -0.4 is 0 Å². The predicted molar refractivity (Wildman–Crippen MR) is 86.3 cm³/mol. The molecule has 1 saturated heterocycles. The Hall–Kier alpha value is -2.02. The number of rotatable bonds is 3. The summed E-state index contributed by atoms with van der Waals surface area (Å²) in [5, 5.41) is 0. The smallest absolute Gasteiger partial charge is 0.0445 e. The minimum absolute atomic E-state index is 1.17. The van der Waals surface area contributed by atoms with Crippen LogP contribution in [0.3, 0.4) is 0 Å². The van der Waals surface area contributed by atoms with Crippen molar-refractivity contribution in [1.29, 1.82) is 0 Å². The number of aryl methyl sites for hydroxylation is 1. The third-order valence-electron chi connectivity index (χ3n) is 3.90. The van der Waals surface area contributed by atoms with E-state index in [0.29, 0.717) is 0 Å². The molecule has 102 valence electrons. The van der Waals surface area contributed by atoms with Crippen molar-refractivity contribution in [2.24, 2.45) is 0 Å². The minimum Gasteiger partial charge on any atom is -0.371 e. The van der Waals surface area contributed by atoms with Crippen LogP contribution in [-0.2, 0) is 0 Å². The molecule has 1 aliphatic heterocycles. The summed E-state index contributed by atoms with van der Waals surface area (Å²) in [5.74, 6) is 0. The fourth-order valence-corrected chi connectivity index (χ4v) is 2.75. The van der Waals surface area contributed by atoms with E-state index >= 15 is 0 Å². The second kappa shape index (κ2) is 5.96. The lowest BCUT2D eigenvalue weighted by atomic mass is 10.1. The molecule has 0 aromatic heterocycles. The van der Waals surface area contributed by atoms with E-state index in [1.54, 1.807) is 0 Å². The van der Waals surface area contributed by atoms with Gasteiger partial charge in [-0.1, -0.05) is 60.2 Å². The molecule has 0 bridgehead atoms. The molecule has 2 aromatic carbocycles. The summed E-state index contributed by atoms with van der Waals surface area (Å²) in [6.07, 6.45) is 4.92. The van der Waals surface area contributed by atoms with Crippen LogP contribution in [0.4, 0.5) is 0 Å². The maximum atomic E-state index is 2.51. The summed E-state index contributed by atoms with van der Waals surface area (Å²) in [6, 6.07) is 19.5. The summed E-state index contributed by atoms with van der Waals surface area (Å²) in [6.45, 7) is 4.49. The molecule has 3 rings (SSSR count). The molecular formula is C19H21N. The molecule has 1 nitrogen and oxygen atoms in total. The molecule has 0 spiro atoms. The molecule has 20 heavy (non-hydrogen) atoms. The van der Waals surface area contributed by atoms with Crippen LogP contribution in [0.5, 0.6) is 0 Å². The van der Waals surface area contributed by atoms with Gasteiger partial charge >= 0.3 is 0 Å². The van der Waals surface area contributed by atoms with Crippen molar-refractivity contribution in [3.63, 3.8) is 0 Å². The molecule has 1 fully saturated rings. The number of hydrogen-bond acceptors (Lipinski definition) is 1. The maximum Gasteiger partial charge on any atom is 0.0445 e. The van der Waals surface area contributed by atoms with E-state index in [1.165, 1.54) is 48.3 Å². The van der Waals surface area contributed by atoms with Crippen LogP contribution in [0.1, 0.15) is 29.5 Å². The first kappa shape index (κ1) is 13.0. The van der Waals surface area contributed by atoms with Crippen molar-refractivity contribution in [2.45, 2.75) is 19.8 Å². The first-order valence-electron chi connectivity index (χ1n) is 7.42. The van der Waals surface area contributed by atoms with Crippen molar-refractivity contribution in [2.75, 3.05) is 13.1 Å². The van der Waals surface area contributed by atoms with Crippen molar-refractivity contribution >= 4 is 11.8 Å². The van der Waals surface area contributed by atoms with Gasteiger partial charge in [0, 0.05) is 18.8 Å². The van der Waals surface area contributed by atoms with E-state index in [9.17, 15) is 0 Å². The highest BCUT2D eigenvalue weighted by molar-refractivity contribution is 5.80. The predicted octanol–water partition coefficient (Wildman–Crippen LogP) is 4.59. The van der Waals surface area contributed by atoms with Crippen molar-refractivity contribution in [3.8, 4) is 0 Å². The van der Waals surface area contributed by atoms with Crippen LogP contribution in [-0.4, -0.2) is 18.0 Å². The molecule has 1 heteroatoms. The van der Waals surface area contributed by atoms with Gasteiger partial charge < -0.3 is 4.90 Å². The second-order valence-corrected chi connectivity index (χ2v) is 5.50. The number of likely N-dealkylation sites (tertiary alicyclic amines) is 1. The average Bonchev–Trinajstić information content (AvgIpc) is 3.01. The molecule has 0 saturated carbocycles. The van der Waals surface area contributed by atoms with Gasteiger partial charge in [-0.15, -0.1) is 0 Å². The quantitative estimate of drug-likeness (QED) is 0.732. The molecule has 0 aliphatic carbocycles. The van der Waals surface area contributed by atoms with Gasteiger partial charge in [-0.05, 0) is 37.0 Å². The van der Waals surface area contributed by atoms with Crippen molar-refractivity contribution in [1.82, 2.24) is 4.90 Å². The van der Waals surface area contributed by atoms with E-state index in [-0.39, 0.29) is 0 Å². The highest BCUT2D eigenvalue weighted by Crippen LogP contribution is 2.26. The number of hydrogen-bond donors (Lipinski definition) is 0. The van der Waals surface area contributed by atoms with E-state index in [1.807, 2.05) is 0 Å². The van der Waals surface area contributed by atoms with Gasteiger partial charge in [0.15, 0.2) is 0 Å². The Balaban J connectivity index is 1.99.